The smallest absolute Gasteiger partial charge is 0.216 e. The van der Waals surface area contributed by atoms with Gasteiger partial charge >= 0.3 is 0 Å². The third kappa shape index (κ3) is 5.35. The van der Waals surface area contributed by atoms with Crippen molar-refractivity contribution in [3.8, 4) is 0 Å². The Labute approximate surface area is 62.3 Å². The van der Waals surface area contributed by atoms with Crippen LogP contribution in [0.2, 0.25) is 0 Å². The molecule has 0 spiro atoms. The van der Waals surface area contributed by atoms with Crippen molar-refractivity contribution in [1.82, 2.24) is 5.32 Å². The largest absolute Gasteiger partial charge is 0.356 e. The fraction of sp³-hybridized carbons (Fsp3) is 0.625. The van der Waals surface area contributed by atoms with Crippen LogP contribution in [0.25, 0.3) is 0 Å². The molecule has 1 atom stereocenters. The molecule has 0 aliphatic rings. The van der Waals surface area contributed by atoms with E-state index in [9.17, 15) is 4.79 Å². The highest BCUT2D eigenvalue weighted by Gasteiger charge is 1.98. The van der Waals surface area contributed by atoms with Crippen LogP contribution < -0.4 is 5.32 Å². The van der Waals surface area contributed by atoms with Crippen LogP contribution in [0, 0.1) is 5.92 Å². The number of nitrogens with one attached hydrogen (secondary N) is 1. The fourth-order valence-electron chi connectivity index (χ4n) is 0.686. The van der Waals surface area contributed by atoms with Gasteiger partial charge in [-0.15, -0.1) is 6.58 Å². The lowest BCUT2D eigenvalue weighted by atomic mass is 10.1. The SMILES string of the molecule is C=CCC(C)CNC(C)=O. The lowest BCUT2D eigenvalue weighted by molar-refractivity contribution is -0.119. The Bertz CT molecular complexity index is 120. The van der Waals surface area contributed by atoms with Crippen molar-refractivity contribution in [2.24, 2.45) is 5.92 Å². The molecule has 0 saturated carbocycles. The van der Waals surface area contributed by atoms with Gasteiger partial charge in [0.05, 0.1) is 0 Å². The van der Waals surface area contributed by atoms with Crippen molar-refractivity contribution < 1.29 is 4.79 Å². The minimum Gasteiger partial charge on any atom is -0.356 e. The van der Waals surface area contributed by atoms with E-state index in [4.69, 9.17) is 0 Å². The summed E-state index contributed by atoms with van der Waals surface area (Å²) in [4.78, 5) is 10.4. The molecule has 1 amide bonds. The molecule has 0 aromatic rings. The minimum absolute atomic E-state index is 0.0379. The highest BCUT2D eigenvalue weighted by molar-refractivity contribution is 5.72. The lowest BCUT2D eigenvalue weighted by Crippen LogP contribution is -2.25. The maximum atomic E-state index is 10.4. The van der Waals surface area contributed by atoms with Crippen LogP contribution in [0.4, 0.5) is 0 Å². The van der Waals surface area contributed by atoms with Crippen LogP contribution in [0.5, 0.6) is 0 Å². The van der Waals surface area contributed by atoms with Crippen molar-refractivity contribution in [1.29, 1.82) is 0 Å². The maximum Gasteiger partial charge on any atom is 0.216 e. The van der Waals surface area contributed by atoms with Crippen LogP contribution >= 0.6 is 0 Å². The molecule has 1 N–H and O–H groups in total. The number of hydrogen-bond acceptors (Lipinski definition) is 1. The Kier molecular flexibility index (Phi) is 4.63. The fourth-order valence-corrected chi connectivity index (χ4v) is 0.686. The van der Waals surface area contributed by atoms with Gasteiger partial charge in [0.2, 0.25) is 5.91 Å². The molecule has 0 radical (unpaired) electrons. The average molecular weight is 141 g/mol. The van der Waals surface area contributed by atoms with Crippen LogP contribution in [0.15, 0.2) is 12.7 Å². The second kappa shape index (κ2) is 5.03. The standard InChI is InChI=1S/C8H15NO/c1-4-5-7(2)6-9-8(3)10/h4,7H,1,5-6H2,2-3H3,(H,9,10). The first-order valence-electron chi connectivity index (χ1n) is 3.52. The molecule has 0 heterocycles. The summed E-state index contributed by atoms with van der Waals surface area (Å²) in [6.45, 7) is 7.98. The van der Waals surface area contributed by atoms with E-state index < -0.39 is 0 Å². The molecule has 0 aliphatic heterocycles. The molecule has 2 heteroatoms. The molecule has 0 aromatic heterocycles. The van der Waals surface area contributed by atoms with E-state index in [0.717, 1.165) is 13.0 Å². The molecule has 10 heavy (non-hydrogen) atoms. The summed E-state index contributed by atoms with van der Waals surface area (Å²) in [6, 6.07) is 0. The Balaban J connectivity index is 3.29. The monoisotopic (exact) mass is 141 g/mol. The molecule has 1 unspecified atom stereocenters. The number of carbonyl (C=O) groups excluding carboxylic acids is 1. The van der Waals surface area contributed by atoms with E-state index in [1.165, 1.54) is 6.92 Å². The normalized spacial score (nSPS) is 12.2. The van der Waals surface area contributed by atoms with Gasteiger partial charge in [0.1, 0.15) is 0 Å². The predicted octanol–water partition coefficient (Wildman–Crippen LogP) is 1.33. The molecular weight excluding hydrogens is 126 g/mol. The summed E-state index contributed by atoms with van der Waals surface area (Å²) in [5.41, 5.74) is 0. The summed E-state index contributed by atoms with van der Waals surface area (Å²) >= 11 is 0. The van der Waals surface area contributed by atoms with Crippen LogP contribution in [0.1, 0.15) is 20.3 Å². The Morgan fingerprint density at radius 2 is 2.40 bits per heavy atom. The summed E-state index contributed by atoms with van der Waals surface area (Å²) in [6.07, 6.45) is 2.83. The molecular formula is C8H15NO. The Morgan fingerprint density at radius 3 is 2.80 bits per heavy atom. The third-order valence-corrected chi connectivity index (χ3v) is 1.27. The van der Waals surface area contributed by atoms with Gasteiger partial charge < -0.3 is 5.32 Å². The summed E-state index contributed by atoms with van der Waals surface area (Å²) in [5, 5.41) is 2.74. The summed E-state index contributed by atoms with van der Waals surface area (Å²) in [5.74, 6) is 0.539. The number of allylic oxidation sites excluding steroid dienone is 1. The molecule has 0 saturated heterocycles. The van der Waals surface area contributed by atoms with E-state index >= 15 is 0 Å². The van der Waals surface area contributed by atoms with Gasteiger partial charge in [-0.3, -0.25) is 4.79 Å². The first-order valence-corrected chi connectivity index (χ1v) is 3.52. The number of rotatable bonds is 4. The van der Waals surface area contributed by atoms with Gasteiger partial charge in [0, 0.05) is 13.5 Å². The van der Waals surface area contributed by atoms with E-state index in [1.807, 2.05) is 6.08 Å². The van der Waals surface area contributed by atoms with E-state index in [-0.39, 0.29) is 5.91 Å². The van der Waals surface area contributed by atoms with Gasteiger partial charge in [-0.1, -0.05) is 13.0 Å². The van der Waals surface area contributed by atoms with Crippen molar-refractivity contribution in [3.63, 3.8) is 0 Å². The second-order valence-electron chi connectivity index (χ2n) is 2.57. The topological polar surface area (TPSA) is 29.1 Å². The van der Waals surface area contributed by atoms with Gasteiger partial charge in [0.15, 0.2) is 0 Å². The third-order valence-electron chi connectivity index (χ3n) is 1.27. The van der Waals surface area contributed by atoms with Gasteiger partial charge in [-0.2, -0.15) is 0 Å². The van der Waals surface area contributed by atoms with Crippen molar-refractivity contribution in [3.05, 3.63) is 12.7 Å². The minimum atomic E-state index is 0.0379. The number of hydrogen-bond donors (Lipinski definition) is 1. The maximum absolute atomic E-state index is 10.4. The van der Waals surface area contributed by atoms with Gasteiger partial charge in [-0.05, 0) is 12.3 Å². The zero-order valence-electron chi connectivity index (χ0n) is 6.68. The summed E-state index contributed by atoms with van der Waals surface area (Å²) < 4.78 is 0. The molecule has 0 rings (SSSR count). The van der Waals surface area contributed by atoms with E-state index in [2.05, 4.69) is 18.8 Å². The highest BCUT2D eigenvalue weighted by Crippen LogP contribution is 1.98. The zero-order valence-corrected chi connectivity index (χ0v) is 6.68. The first-order chi connectivity index (χ1) is 4.66. The highest BCUT2D eigenvalue weighted by atomic mass is 16.1. The van der Waals surface area contributed by atoms with Crippen LogP contribution in [0.3, 0.4) is 0 Å². The number of carbonyl (C=O) groups is 1. The molecule has 58 valence electrons. The second-order valence-corrected chi connectivity index (χ2v) is 2.57. The van der Waals surface area contributed by atoms with Crippen molar-refractivity contribution >= 4 is 5.91 Å². The average Bonchev–Trinajstić information content (AvgIpc) is 1.85. The van der Waals surface area contributed by atoms with E-state index in [0.29, 0.717) is 5.92 Å². The van der Waals surface area contributed by atoms with Crippen molar-refractivity contribution in [2.75, 3.05) is 6.54 Å². The molecule has 0 aliphatic carbocycles. The lowest BCUT2D eigenvalue weighted by Gasteiger charge is -2.07. The van der Waals surface area contributed by atoms with Gasteiger partial charge in [0.25, 0.3) is 0 Å². The Hall–Kier alpha value is -0.790. The van der Waals surface area contributed by atoms with Crippen molar-refractivity contribution in [2.45, 2.75) is 20.3 Å². The number of amides is 1. The van der Waals surface area contributed by atoms with E-state index in [1.54, 1.807) is 0 Å². The molecule has 2 nitrogen and oxygen atoms in total. The summed E-state index contributed by atoms with van der Waals surface area (Å²) in [7, 11) is 0. The molecule has 0 aromatic carbocycles. The molecule has 0 bridgehead atoms. The van der Waals surface area contributed by atoms with Gasteiger partial charge in [-0.25, -0.2) is 0 Å². The van der Waals surface area contributed by atoms with Crippen LogP contribution in [-0.4, -0.2) is 12.5 Å². The molecule has 0 fully saturated rings. The quantitative estimate of drug-likeness (QED) is 0.588. The predicted molar refractivity (Wildman–Crippen MR) is 42.7 cm³/mol. The van der Waals surface area contributed by atoms with Crippen LogP contribution in [-0.2, 0) is 4.79 Å². The first kappa shape index (κ1) is 9.21. The zero-order chi connectivity index (χ0) is 7.98. The Morgan fingerprint density at radius 1 is 1.80 bits per heavy atom.